The number of phenols is 1. The van der Waals surface area contributed by atoms with Crippen LogP contribution in [0.2, 0.25) is 5.02 Å². The van der Waals surface area contributed by atoms with Crippen molar-refractivity contribution < 1.29 is 24.5 Å². The minimum atomic E-state index is -1.02. The Bertz CT molecular complexity index is 1690. The molecule has 4 aromatic rings. The minimum Gasteiger partial charge on any atom is -0.508 e. The number of aromatic hydroxyl groups is 1. The van der Waals surface area contributed by atoms with Crippen molar-refractivity contribution in [3.8, 4) is 11.5 Å². The van der Waals surface area contributed by atoms with E-state index in [0.29, 0.717) is 32.7 Å². The number of aliphatic hydroxyl groups is 1. The Hall–Kier alpha value is -3.86. The molecule has 2 aliphatic heterocycles. The first kappa shape index (κ1) is 26.4. The van der Waals surface area contributed by atoms with Crippen LogP contribution >= 0.6 is 34.7 Å². The number of nitrogens with zero attached hydrogens (tertiary/aromatic N) is 3. The van der Waals surface area contributed by atoms with Gasteiger partial charge in [-0.25, -0.2) is 0 Å². The van der Waals surface area contributed by atoms with Crippen molar-refractivity contribution in [3.05, 3.63) is 99.6 Å². The number of aliphatic hydroxyl groups excluding tert-OH is 1. The topological polar surface area (TPSA) is 113 Å². The molecule has 8 nitrogen and oxygen atoms in total. The Kier molecular flexibility index (Phi) is 6.99. The van der Waals surface area contributed by atoms with Gasteiger partial charge >= 0.3 is 5.91 Å². The molecule has 3 heterocycles. The zero-order valence-corrected chi connectivity index (χ0v) is 23.5. The number of hydrogen-bond donors (Lipinski definition) is 2. The van der Waals surface area contributed by atoms with E-state index in [4.69, 9.17) is 16.3 Å². The van der Waals surface area contributed by atoms with Gasteiger partial charge < -0.3 is 14.9 Å². The normalized spacial score (nSPS) is 19.6. The summed E-state index contributed by atoms with van der Waals surface area (Å²) in [5.74, 6) is -0.772. The summed E-state index contributed by atoms with van der Waals surface area (Å²) in [7, 11) is 0. The summed E-state index contributed by atoms with van der Waals surface area (Å²) in [5, 5.41) is 30.9. The summed E-state index contributed by atoms with van der Waals surface area (Å²) in [4.78, 5) is 28.1. The van der Waals surface area contributed by atoms with Crippen molar-refractivity contribution in [3.63, 3.8) is 0 Å². The second kappa shape index (κ2) is 10.6. The van der Waals surface area contributed by atoms with Gasteiger partial charge in [-0.2, -0.15) is 0 Å². The highest BCUT2D eigenvalue weighted by molar-refractivity contribution is 8.00. The maximum atomic E-state index is 13.5. The quantitative estimate of drug-likeness (QED) is 0.0904. The van der Waals surface area contributed by atoms with Crippen molar-refractivity contribution in [2.75, 3.05) is 4.90 Å². The Balaban J connectivity index is 1.39. The molecule has 2 N–H and O–H groups in total. The van der Waals surface area contributed by atoms with Crippen molar-refractivity contribution >= 4 is 57.3 Å². The average Bonchev–Trinajstić information content (AvgIpc) is 3.63. The molecule has 0 saturated carbocycles. The van der Waals surface area contributed by atoms with Gasteiger partial charge in [0, 0.05) is 22.8 Å². The smallest absolute Gasteiger partial charge is 0.301 e. The number of rotatable bonds is 6. The number of phenolic OH excluding ortho intramolecular Hbond substituents is 1. The van der Waals surface area contributed by atoms with Gasteiger partial charge in [-0.1, -0.05) is 65.0 Å². The fourth-order valence-corrected chi connectivity index (χ4v) is 7.03. The maximum absolute atomic E-state index is 13.5. The third-order valence-corrected chi connectivity index (χ3v) is 9.18. The number of halogens is 1. The van der Waals surface area contributed by atoms with Gasteiger partial charge in [-0.3, -0.25) is 14.5 Å². The number of aromatic nitrogens is 2. The minimum absolute atomic E-state index is 0.00709. The van der Waals surface area contributed by atoms with E-state index in [1.807, 2.05) is 31.2 Å². The van der Waals surface area contributed by atoms with E-state index in [1.54, 1.807) is 30.3 Å². The van der Waals surface area contributed by atoms with Crippen LogP contribution in [0.25, 0.3) is 5.76 Å². The van der Waals surface area contributed by atoms with Gasteiger partial charge in [0.15, 0.2) is 4.34 Å². The fraction of sp³-hybridized carbons (Fsp3) is 0.172. The molecule has 1 saturated heterocycles. The van der Waals surface area contributed by atoms with E-state index >= 15 is 0 Å². The lowest BCUT2D eigenvalue weighted by Crippen LogP contribution is -2.29. The number of carbonyl (C=O) groups excluding carboxylic acids is 2. The van der Waals surface area contributed by atoms with Crippen LogP contribution in [-0.2, 0) is 21.8 Å². The standard InChI is InChI=1S/C29H22ClN3O5S2/c1-15-11-19-12-17(9-10-22(19)38-15)25(35)23-24(16-6-4-7-20(34)13-16)33(27(37)26(23)36)28-31-32-29(40-28)39-14-18-5-2-3-8-21(18)30/h2-10,12-13,15,24,34-35H,11,14H2,1H3/t15-,24-/m0/s1. The molecular formula is C29H22ClN3O5S2. The number of amides is 1. The zero-order valence-electron chi connectivity index (χ0n) is 21.1. The lowest BCUT2D eigenvalue weighted by molar-refractivity contribution is -0.132. The van der Waals surface area contributed by atoms with Crippen LogP contribution in [-0.4, -0.2) is 38.2 Å². The predicted molar refractivity (Wildman–Crippen MR) is 154 cm³/mol. The number of ether oxygens (including phenoxy) is 1. The molecule has 2 atom stereocenters. The highest BCUT2D eigenvalue weighted by Gasteiger charge is 2.48. The van der Waals surface area contributed by atoms with Crippen molar-refractivity contribution in [1.82, 2.24) is 10.2 Å². The van der Waals surface area contributed by atoms with E-state index in [9.17, 15) is 19.8 Å². The molecular weight excluding hydrogens is 570 g/mol. The molecule has 1 amide bonds. The van der Waals surface area contributed by atoms with E-state index in [0.717, 1.165) is 28.2 Å². The van der Waals surface area contributed by atoms with Gasteiger partial charge in [-0.15, -0.1) is 10.2 Å². The van der Waals surface area contributed by atoms with E-state index < -0.39 is 17.7 Å². The molecule has 0 bridgehead atoms. The second-order valence-corrected chi connectivity index (χ2v) is 12.0. The van der Waals surface area contributed by atoms with Crippen LogP contribution in [0.15, 0.2) is 76.6 Å². The van der Waals surface area contributed by atoms with E-state index in [-0.39, 0.29) is 28.3 Å². The van der Waals surface area contributed by atoms with Gasteiger partial charge in [0.05, 0.1) is 11.6 Å². The summed E-state index contributed by atoms with van der Waals surface area (Å²) in [6, 6.07) is 17.9. The Morgan fingerprint density at radius 1 is 1.12 bits per heavy atom. The summed E-state index contributed by atoms with van der Waals surface area (Å²) < 4.78 is 6.35. The summed E-state index contributed by atoms with van der Waals surface area (Å²) in [6.45, 7) is 1.95. The van der Waals surface area contributed by atoms with E-state index in [1.165, 1.54) is 28.8 Å². The third-order valence-electron chi connectivity index (χ3n) is 6.71. The van der Waals surface area contributed by atoms with Crippen molar-refractivity contribution in [1.29, 1.82) is 0 Å². The molecule has 11 heteroatoms. The van der Waals surface area contributed by atoms with E-state index in [2.05, 4.69) is 10.2 Å². The second-order valence-electron chi connectivity index (χ2n) is 9.45. The lowest BCUT2D eigenvalue weighted by atomic mass is 9.94. The summed E-state index contributed by atoms with van der Waals surface area (Å²) >= 11 is 8.84. The third kappa shape index (κ3) is 4.83. The van der Waals surface area contributed by atoms with Gasteiger partial charge in [0.2, 0.25) is 5.13 Å². The molecule has 2 aliphatic rings. The molecule has 0 radical (unpaired) electrons. The Morgan fingerprint density at radius 3 is 2.75 bits per heavy atom. The first-order chi connectivity index (χ1) is 19.3. The van der Waals surface area contributed by atoms with Crippen LogP contribution in [0, 0.1) is 0 Å². The molecule has 3 aromatic carbocycles. The molecule has 0 unspecified atom stereocenters. The van der Waals surface area contributed by atoms with Crippen molar-refractivity contribution in [2.45, 2.75) is 35.6 Å². The largest absolute Gasteiger partial charge is 0.508 e. The van der Waals surface area contributed by atoms with Crippen LogP contribution in [0.5, 0.6) is 11.5 Å². The number of ketones is 1. The number of Topliss-reactive ketones (excluding diaryl/α,β-unsaturated/α-hetero) is 1. The number of thioether (sulfide) groups is 1. The fourth-order valence-electron chi connectivity index (χ4n) is 4.88. The molecule has 0 aliphatic carbocycles. The number of benzene rings is 3. The van der Waals surface area contributed by atoms with Gasteiger partial charge in [0.1, 0.15) is 23.4 Å². The first-order valence-corrected chi connectivity index (χ1v) is 14.6. The zero-order chi connectivity index (χ0) is 28.0. The monoisotopic (exact) mass is 591 g/mol. The van der Waals surface area contributed by atoms with Crippen LogP contribution in [0.1, 0.15) is 35.2 Å². The average molecular weight is 592 g/mol. The molecule has 1 aromatic heterocycles. The van der Waals surface area contributed by atoms with Gasteiger partial charge in [0.25, 0.3) is 5.78 Å². The maximum Gasteiger partial charge on any atom is 0.301 e. The Morgan fingerprint density at radius 2 is 1.95 bits per heavy atom. The van der Waals surface area contributed by atoms with Gasteiger partial charge in [-0.05, 0) is 60.0 Å². The lowest BCUT2D eigenvalue weighted by Gasteiger charge is -2.22. The number of fused-ring (bicyclic) bond motifs is 1. The predicted octanol–water partition coefficient (Wildman–Crippen LogP) is 6.14. The number of carbonyl (C=O) groups is 2. The molecule has 40 heavy (non-hydrogen) atoms. The number of hydrogen-bond acceptors (Lipinski definition) is 9. The summed E-state index contributed by atoms with van der Waals surface area (Å²) in [5.41, 5.74) is 2.58. The van der Waals surface area contributed by atoms with Crippen LogP contribution < -0.4 is 9.64 Å². The highest BCUT2D eigenvalue weighted by Crippen LogP contribution is 2.45. The highest BCUT2D eigenvalue weighted by atomic mass is 35.5. The SMILES string of the molecule is C[C@H]1Cc2cc(C(O)=C3C(=O)C(=O)N(c4nnc(SCc5ccccc5Cl)s4)[C@H]3c3cccc(O)c3)ccc2O1. The molecule has 6 rings (SSSR count). The van der Waals surface area contributed by atoms with Crippen LogP contribution in [0.3, 0.4) is 0 Å². The Labute approximate surface area is 242 Å². The first-order valence-electron chi connectivity index (χ1n) is 12.4. The van der Waals surface area contributed by atoms with Crippen LogP contribution in [0.4, 0.5) is 5.13 Å². The molecule has 202 valence electrons. The molecule has 1 fully saturated rings. The molecule has 0 spiro atoms. The van der Waals surface area contributed by atoms with Crippen molar-refractivity contribution in [2.24, 2.45) is 0 Å². The number of anilines is 1. The summed E-state index contributed by atoms with van der Waals surface area (Å²) in [6.07, 6.45) is 0.674.